The maximum absolute atomic E-state index is 13.8. The molecule has 116 heavy (non-hydrogen) atoms. The van der Waals surface area contributed by atoms with Crippen LogP contribution in [-0.4, -0.2) is 84.7 Å². The number of carbonyl (C=O) groups excluding carboxylic acids is 7. The number of furan rings is 1. The van der Waals surface area contributed by atoms with Gasteiger partial charge in [-0.15, -0.1) is 0 Å². The van der Waals surface area contributed by atoms with Crippen molar-refractivity contribution in [3.8, 4) is 11.3 Å². The van der Waals surface area contributed by atoms with E-state index < -0.39 is 75.0 Å². The number of urea groups is 1. The summed E-state index contributed by atoms with van der Waals surface area (Å²) >= 11 is 0. The van der Waals surface area contributed by atoms with Crippen LogP contribution in [0.3, 0.4) is 0 Å². The molecule has 7 aromatic carbocycles. The molecule has 0 radical (unpaired) electrons. The molecule has 0 spiro atoms. The van der Waals surface area contributed by atoms with Gasteiger partial charge in [-0.1, -0.05) is 145 Å². The first kappa shape index (κ1) is 86.7. The van der Waals surface area contributed by atoms with Gasteiger partial charge in [0.25, 0.3) is 39.6 Å². The molecule has 30 heteroatoms. The number of sulfonamides is 1. The summed E-state index contributed by atoms with van der Waals surface area (Å²) in [5.41, 5.74) is 14.0. The average Bonchev–Trinajstić information content (AvgIpc) is 0.909. The number of imidazole rings is 1. The molecule has 4 aliphatic carbocycles. The van der Waals surface area contributed by atoms with Gasteiger partial charge < -0.3 is 29.5 Å². The molecule has 0 aliphatic heterocycles. The number of anilines is 1. The first-order valence-corrected chi connectivity index (χ1v) is 39.0. The quantitative estimate of drug-likeness (QED) is 0.0192. The van der Waals surface area contributed by atoms with Crippen LogP contribution in [0.1, 0.15) is 215 Å². The van der Waals surface area contributed by atoms with E-state index in [0.29, 0.717) is 63.9 Å². The number of hydrogen-bond acceptors (Lipinski definition) is 15. The van der Waals surface area contributed by atoms with E-state index in [-0.39, 0.29) is 50.3 Å². The lowest BCUT2D eigenvalue weighted by Crippen LogP contribution is -2.50. The summed E-state index contributed by atoms with van der Waals surface area (Å²) in [5, 5.41) is 42.4. The van der Waals surface area contributed by atoms with Crippen molar-refractivity contribution in [3.05, 3.63) is 267 Å². The Morgan fingerprint density at radius 2 is 1.02 bits per heavy atom. The fourth-order valence-corrected chi connectivity index (χ4v) is 16.7. The van der Waals surface area contributed by atoms with E-state index in [1.54, 1.807) is 91.0 Å². The number of fused-ring (bicyclic) bond motifs is 1. The van der Waals surface area contributed by atoms with Crippen LogP contribution >= 0.6 is 0 Å². The number of Topliss-reactive ketones (excluding diaryl/α,β-unsaturated/α-hetero) is 1. The van der Waals surface area contributed by atoms with Crippen LogP contribution in [0.2, 0.25) is 0 Å². The van der Waals surface area contributed by atoms with Crippen LogP contribution in [-0.2, 0) is 40.5 Å². The third-order valence-electron chi connectivity index (χ3n) is 21.4. The van der Waals surface area contributed by atoms with E-state index in [1.165, 1.54) is 84.7 Å². The van der Waals surface area contributed by atoms with Crippen molar-refractivity contribution in [2.75, 3.05) is 5.32 Å². The molecule has 0 saturated heterocycles. The molecule has 7 amide bonds. The lowest BCUT2D eigenvalue weighted by molar-refractivity contribution is -0.144. The maximum atomic E-state index is 13.8. The number of amides is 7. The Labute approximate surface area is 668 Å². The van der Waals surface area contributed by atoms with E-state index in [9.17, 15) is 59.5 Å². The number of aromatic nitrogens is 3. The monoisotopic (exact) mass is 1610 g/mol. The standard InChI is InChI=1S/C30H35N3O4.C26H29NO3.C17H15F4N3O3.C13H16N4O4S/c1-29(2,3)21-14-12-18(13-15-21)24-16-22-25(37-24)17-23(33(22)7)28(35)31-26(30(4,5)6)19-8-10-20(11-9-19)27(34)32-36;28-24(26-14-17-10-18(15-26)12-19(11-17)16-26)13-23(20-4-2-1-3-5-20)21-6-8-22(9-7-21)25(29)27-30;1-9(10-2-4-11(5-3-10)15(25)24-27)22-16(26)23-14-8-12(17(19,20)21)6-7-13(14)18;1-9(10-3-5-11(6-4-10)13(18)15-19)16-22(20,21)12-7-17(2)8-14-12/h8-17,26,36H,1-7H3,(H,31,35)(H,32,34);1-9,17-19,23,30H,10-16H2,(H,27,29);2-9,27H,1H3,(H,24,25)(H2,22,23,26);3-9,16,19H,1-2H3,(H,15,18)/t;17?,18?,19?,23-,26?;;/m.1../s1. The normalized spacial score (nSPS) is 17.2. The molecule has 4 saturated carbocycles. The number of aryl methyl sites for hydroxylation is 2. The number of alkyl halides is 3. The molecule has 12 N–H and O–H groups in total. The lowest BCUT2D eigenvalue weighted by atomic mass is 9.48. The van der Waals surface area contributed by atoms with Crippen molar-refractivity contribution in [3.63, 3.8) is 0 Å². The Hall–Kier alpha value is -11.7. The van der Waals surface area contributed by atoms with Crippen LogP contribution in [0, 0.1) is 34.4 Å². The van der Waals surface area contributed by atoms with Crippen LogP contribution in [0.25, 0.3) is 22.4 Å². The maximum Gasteiger partial charge on any atom is 0.416 e. The lowest BCUT2D eigenvalue weighted by Gasteiger charge is -2.56. The van der Waals surface area contributed by atoms with E-state index in [1.807, 2.05) is 74.1 Å². The van der Waals surface area contributed by atoms with Gasteiger partial charge in [0, 0.05) is 84.0 Å². The largest absolute Gasteiger partial charge is 0.454 e. The summed E-state index contributed by atoms with van der Waals surface area (Å²) in [6, 6.07) is 47.8. The molecular weight excluding hydrogens is 1520 g/mol. The van der Waals surface area contributed by atoms with Crippen molar-refractivity contribution in [1.82, 2.24) is 51.4 Å². The van der Waals surface area contributed by atoms with Crippen molar-refractivity contribution >= 4 is 68.2 Å². The van der Waals surface area contributed by atoms with Crippen molar-refractivity contribution < 1.29 is 84.8 Å². The molecule has 25 nitrogen and oxygen atoms in total. The third kappa shape index (κ3) is 21.3. The van der Waals surface area contributed by atoms with Gasteiger partial charge in [-0.2, -0.15) is 13.2 Å². The van der Waals surface area contributed by atoms with Gasteiger partial charge in [-0.3, -0.25) is 49.6 Å². The van der Waals surface area contributed by atoms with Gasteiger partial charge in [-0.25, -0.2) is 49.2 Å². The Kier molecular flexibility index (Phi) is 27.2. The Morgan fingerprint density at radius 3 is 1.46 bits per heavy atom. The Balaban J connectivity index is 0.000000166. The minimum Gasteiger partial charge on any atom is -0.454 e. The third-order valence-corrected chi connectivity index (χ3v) is 22.8. The Morgan fingerprint density at radius 1 is 0.560 bits per heavy atom. The molecule has 10 aromatic rings. The molecule has 4 bridgehead atoms. The van der Waals surface area contributed by atoms with Crippen LogP contribution < -0.4 is 42.6 Å². The number of carbonyl (C=O) groups is 7. The molecule has 3 unspecified atom stereocenters. The van der Waals surface area contributed by atoms with Gasteiger partial charge in [0.15, 0.2) is 10.6 Å². The molecule has 4 fully saturated rings. The van der Waals surface area contributed by atoms with Crippen molar-refractivity contribution in [2.45, 2.75) is 141 Å². The number of hydroxylamine groups is 4. The van der Waals surface area contributed by atoms with Gasteiger partial charge in [-0.05, 0) is 181 Å². The first-order chi connectivity index (χ1) is 54.8. The minimum absolute atomic E-state index is 0.0158. The number of nitrogens with one attached hydrogen (secondary N) is 8. The van der Waals surface area contributed by atoms with Gasteiger partial charge in [0.05, 0.1) is 35.2 Å². The molecule has 612 valence electrons. The number of hydrogen-bond donors (Lipinski definition) is 12. The summed E-state index contributed by atoms with van der Waals surface area (Å²) < 4.78 is 88.1. The van der Waals surface area contributed by atoms with Crippen LogP contribution in [0.4, 0.5) is 28.0 Å². The fourth-order valence-electron chi connectivity index (χ4n) is 15.5. The van der Waals surface area contributed by atoms with Gasteiger partial charge in [0.1, 0.15) is 23.1 Å². The van der Waals surface area contributed by atoms with E-state index >= 15 is 0 Å². The molecule has 14 rings (SSSR count). The number of benzene rings is 7. The Bertz CT molecular complexity index is 5240. The summed E-state index contributed by atoms with van der Waals surface area (Å²) in [7, 11) is -0.183. The second-order valence-corrected chi connectivity index (χ2v) is 33.5. The molecule has 4 atom stereocenters. The zero-order valence-electron chi connectivity index (χ0n) is 65.6. The number of nitrogens with zero attached hydrogens (tertiary/aromatic N) is 3. The molecule has 3 heterocycles. The fraction of sp³-hybridized carbons (Fsp3) is 0.326. The zero-order valence-corrected chi connectivity index (χ0v) is 66.4. The average molecular weight is 1610 g/mol. The SMILES string of the molecule is CC(NC(=O)Nc1cc(C(F)(F)F)ccc1F)c1ccc(C(=O)NO)cc1.CC(NS(=O)(=O)c1cn(C)cn1)c1ccc(C(=O)NO)cc1.Cn1c(C(=O)NC(c2ccc(C(=O)NO)cc2)C(C)(C)C)cc2oc(-c3ccc(C(C)(C)C)cc3)cc21.O=C(NO)c1ccc([C@H](CC(=O)C23CC4CC(CC(C4)C2)C3)c2ccccc2)cc1. The molecular formula is C86H95F4N11O14S. The van der Waals surface area contributed by atoms with E-state index in [2.05, 4.69) is 77.5 Å². The predicted molar refractivity (Wildman–Crippen MR) is 424 cm³/mol. The number of halogens is 4. The van der Waals surface area contributed by atoms with Crippen LogP contribution in [0.15, 0.2) is 204 Å². The van der Waals surface area contributed by atoms with Gasteiger partial charge in [0.2, 0.25) is 0 Å². The van der Waals surface area contributed by atoms with Gasteiger partial charge >= 0.3 is 12.2 Å². The highest BCUT2D eigenvalue weighted by atomic mass is 32.2. The smallest absolute Gasteiger partial charge is 0.416 e. The van der Waals surface area contributed by atoms with E-state index in [0.717, 1.165) is 70.5 Å². The number of ketones is 1. The summed E-state index contributed by atoms with van der Waals surface area (Å²) in [6.45, 7) is 16.0. The van der Waals surface area contributed by atoms with Crippen molar-refractivity contribution in [2.24, 2.45) is 42.7 Å². The second-order valence-electron chi connectivity index (χ2n) is 31.8. The molecule has 4 aliphatic rings. The highest BCUT2D eigenvalue weighted by Crippen LogP contribution is 2.61. The topological polar surface area (TPSA) is 367 Å². The summed E-state index contributed by atoms with van der Waals surface area (Å²) in [4.78, 5) is 88.8. The van der Waals surface area contributed by atoms with E-state index in [4.69, 9.17) is 25.2 Å². The summed E-state index contributed by atoms with van der Waals surface area (Å²) in [6.07, 6.45) is 5.94. The molecule has 3 aromatic heterocycles. The predicted octanol–water partition coefficient (Wildman–Crippen LogP) is 15.9. The second kappa shape index (κ2) is 36.4. The minimum atomic E-state index is -4.67. The first-order valence-electron chi connectivity index (χ1n) is 37.5. The van der Waals surface area contributed by atoms with Crippen LogP contribution in [0.5, 0.6) is 0 Å². The summed E-state index contributed by atoms with van der Waals surface area (Å²) in [5.74, 6) is -0.232. The zero-order chi connectivity index (χ0) is 84.4. The highest BCUT2D eigenvalue weighted by molar-refractivity contribution is 7.89. The van der Waals surface area contributed by atoms with Crippen molar-refractivity contribution in [1.29, 1.82) is 0 Å². The highest BCUT2D eigenvalue weighted by Gasteiger charge is 2.54. The number of rotatable bonds is 20.